The number of thioether (sulfide) groups is 1. The van der Waals surface area contributed by atoms with Crippen LogP contribution >= 0.6 is 27.7 Å². The first-order valence-electron chi connectivity index (χ1n) is 4.99. The second kappa shape index (κ2) is 5.21. The molecule has 0 aliphatic carbocycles. The summed E-state index contributed by atoms with van der Waals surface area (Å²) in [5, 5.41) is 9.08. The number of hydrogen-bond acceptors (Lipinski definition) is 3. The van der Waals surface area contributed by atoms with E-state index in [-0.39, 0.29) is 12.0 Å². The Morgan fingerprint density at radius 3 is 2.94 bits per heavy atom. The minimum atomic E-state index is -0.320. The first-order chi connectivity index (χ1) is 7.65. The van der Waals surface area contributed by atoms with Crippen LogP contribution < -0.4 is 0 Å². The number of benzene rings is 1. The van der Waals surface area contributed by atoms with E-state index in [0.717, 1.165) is 9.37 Å². The van der Waals surface area contributed by atoms with Crippen LogP contribution in [0.4, 0.5) is 0 Å². The average Bonchev–Trinajstić information content (AvgIpc) is 2.22. The summed E-state index contributed by atoms with van der Waals surface area (Å²) in [6.07, 6.45) is -0.320. The van der Waals surface area contributed by atoms with Crippen molar-refractivity contribution in [3.8, 4) is 0 Å². The van der Waals surface area contributed by atoms with Gasteiger partial charge in [-0.25, -0.2) is 0 Å². The van der Waals surface area contributed by atoms with E-state index < -0.39 is 0 Å². The van der Waals surface area contributed by atoms with Crippen molar-refractivity contribution in [1.29, 1.82) is 0 Å². The zero-order chi connectivity index (χ0) is 11.5. The van der Waals surface area contributed by atoms with E-state index in [0.29, 0.717) is 18.8 Å². The highest BCUT2D eigenvalue weighted by Crippen LogP contribution is 2.22. The molecule has 1 N–H and O–H groups in total. The van der Waals surface area contributed by atoms with Crippen LogP contribution in [0.2, 0.25) is 0 Å². The summed E-state index contributed by atoms with van der Waals surface area (Å²) in [5.74, 6) is 0.527. The van der Waals surface area contributed by atoms with Crippen LogP contribution in [0.25, 0.3) is 0 Å². The summed E-state index contributed by atoms with van der Waals surface area (Å²) in [6.45, 7) is 0.968. The molecular weight excluding hydrogens is 290 g/mol. The Morgan fingerprint density at radius 2 is 2.31 bits per heavy atom. The first kappa shape index (κ1) is 12.0. The number of hydrogen-bond donors (Lipinski definition) is 1. The lowest BCUT2D eigenvalue weighted by Crippen LogP contribution is -2.54. The van der Waals surface area contributed by atoms with Gasteiger partial charge in [-0.15, -0.1) is 11.8 Å². The number of likely N-dealkylation sites (tertiary alicyclic amines) is 1. The van der Waals surface area contributed by atoms with E-state index in [1.54, 1.807) is 4.90 Å². The van der Waals surface area contributed by atoms with E-state index in [1.807, 2.05) is 24.3 Å². The van der Waals surface area contributed by atoms with Crippen LogP contribution in [-0.2, 0) is 4.79 Å². The summed E-state index contributed by atoms with van der Waals surface area (Å²) in [7, 11) is 0. The molecule has 0 aromatic heterocycles. The second-order valence-electron chi connectivity index (χ2n) is 3.70. The Morgan fingerprint density at radius 1 is 1.56 bits per heavy atom. The molecule has 1 heterocycles. The fourth-order valence-corrected chi connectivity index (χ4v) is 2.86. The van der Waals surface area contributed by atoms with Crippen LogP contribution in [0.5, 0.6) is 0 Å². The molecule has 1 amide bonds. The van der Waals surface area contributed by atoms with E-state index in [4.69, 9.17) is 5.11 Å². The van der Waals surface area contributed by atoms with Crippen molar-refractivity contribution in [1.82, 2.24) is 4.90 Å². The molecule has 1 aliphatic heterocycles. The number of aliphatic hydroxyl groups is 1. The number of carbonyl (C=O) groups excluding carboxylic acids is 1. The molecule has 0 saturated carbocycles. The van der Waals surface area contributed by atoms with E-state index in [2.05, 4.69) is 15.9 Å². The summed E-state index contributed by atoms with van der Waals surface area (Å²) in [4.78, 5) is 14.4. The zero-order valence-electron chi connectivity index (χ0n) is 8.60. The van der Waals surface area contributed by atoms with Crippen LogP contribution in [0.1, 0.15) is 0 Å². The number of nitrogens with zero attached hydrogens (tertiary/aromatic N) is 1. The number of amides is 1. The standard InChI is InChI=1S/C11H12BrNO2S/c12-8-2-1-3-10(4-8)16-7-11(15)13-5-9(14)6-13/h1-4,9,14H,5-7H2. The molecule has 0 unspecified atom stereocenters. The molecular formula is C11H12BrNO2S. The summed E-state index contributed by atoms with van der Waals surface area (Å²) in [5.41, 5.74) is 0. The largest absolute Gasteiger partial charge is 0.389 e. The highest BCUT2D eigenvalue weighted by molar-refractivity contribution is 9.10. The monoisotopic (exact) mass is 301 g/mol. The molecule has 86 valence electrons. The lowest BCUT2D eigenvalue weighted by atomic mass is 10.2. The van der Waals surface area contributed by atoms with Crippen molar-refractivity contribution in [3.05, 3.63) is 28.7 Å². The van der Waals surface area contributed by atoms with Gasteiger partial charge in [0.15, 0.2) is 0 Å². The van der Waals surface area contributed by atoms with E-state index in [1.165, 1.54) is 11.8 Å². The Kier molecular flexibility index (Phi) is 3.89. The van der Waals surface area contributed by atoms with E-state index >= 15 is 0 Å². The van der Waals surface area contributed by atoms with Crippen molar-refractivity contribution >= 4 is 33.6 Å². The van der Waals surface area contributed by atoms with Gasteiger partial charge in [0.2, 0.25) is 5.91 Å². The average molecular weight is 302 g/mol. The molecule has 1 aliphatic rings. The number of carbonyl (C=O) groups is 1. The molecule has 1 aromatic rings. The van der Waals surface area contributed by atoms with Gasteiger partial charge < -0.3 is 10.0 Å². The molecule has 0 spiro atoms. The van der Waals surface area contributed by atoms with Gasteiger partial charge in [-0.05, 0) is 18.2 Å². The summed E-state index contributed by atoms with van der Waals surface area (Å²) < 4.78 is 1.02. The highest BCUT2D eigenvalue weighted by atomic mass is 79.9. The second-order valence-corrected chi connectivity index (χ2v) is 5.66. The SMILES string of the molecule is O=C(CSc1cccc(Br)c1)N1CC(O)C1. The van der Waals surface area contributed by atoms with Gasteiger partial charge in [0, 0.05) is 22.5 Å². The maximum atomic E-state index is 11.6. The topological polar surface area (TPSA) is 40.5 Å². The molecule has 16 heavy (non-hydrogen) atoms. The Balaban J connectivity index is 1.81. The molecule has 0 bridgehead atoms. The fourth-order valence-electron chi connectivity index (χ4n) is 1.45. The number of β-amino-alcohol motifs (C(OH)–C–C–N with tert-alkyl or cyclic N) is 1. The van der Waals surface area contributed by atoms with E-state index in [9.17, 15) is 4.79 Å². The maximum Gasteiger partial charge on any atom is 0.233 e. The molecule has 2 rings (SSSR count). The third-order valence-corrected chi connectivity index (χ3v) is 3.85. The zero-order valence-corrected chi connectivity index (χ0v) is 11.0. The first-order valence-corrected chi connectivity index (χ1v) is 6.77. The van der Waals surface area contributed by atoms with Gasteiger partial charge in [0.25, 0.3) is 0 Å². The Hall–Kier alpha value is -0.520. The predicted octanol–water partition coefficient (Wildman–Crippen LogP) is 1.74. The lowest BCUT2D eigenvalue weighted by molar-refractivity contribution is -0.138. The Bertz CT molecular complexity index is 393. The lowest BCUT2D eigenvalue weighted by Gasteiger charge is -2.35. The quantitative estimate of drug-likeness (QED) is 0.865. The van der Waals surface area contributed by atoms with Crippen molar-refractivity contribution in [3.63, 3.8) is 0 Å². The molecule has 3 nitrogen and oxygen atoms in total. The summed E-state index contributed by atoms with van der Waals surface area (Å²) >= 11 is 4.91. The minimum absolute atomic E-state index is 0.0928. The van der Waals surface area contributed by atoms with Crippen molar-refractivity contribution < 1.29 is 9.90 Å². The van der Waals surface area contributed by atoms with Crippen LogP contribution in [0.15, 0.2) is 33.6 Å². The van der Waals surface area contributed by atoms with Crippen LogP contribution in [0, 0.1) is 0 Å². The van der Waals surface area contributed by atoms with Gasteiger partial charge in [-0.2, -0.15) is 0 Å². The molecule has 1 aromatic carbocycles. The van der Waals surface area contributed by atoms with Crippen molar-refractivity contribution in [2.24, 2.45) is 0 Å². The van der Waals surface area contributed by atoms with Crippen molar-refractivity contribution in [2.45, 2.75) is 11.0 Å². The smallest absolute Gasteiger partial charge is 0.233 e. The number of aliphatic hydroxyl groups excluding tert-OH is 1. The molecule has 1 fully saturated rings. The third kappa shape index (κ3) is 2.99. The normalized spacial score (nSPS) is 16.0. The third-order valence-electron chi connectivity index (χ3n) is 2.37. The number of rotatable bonds is 3. The van der Waals surface area contributed by atoms with Gasteiger partial charge in [0.1, 0.15) is 0 Å². The van der Waals surface area contributed by atoms with Crippen molar-refractivity contribution in [2.75, 3.05) is 18.8 Å². The minimum Gasteiger partial charge on any atom is -0.389 e. The van der Waals surface area contributed by atoms with Gasteiger partial charge >= 0.3 is 0 Å². The van der Waals surface area contributed by atoms with Crippen LogP contribution in [0.3, 0.4) is 0 Å². The maximum absolute atomic E-state index is 11.6. The number of halogens is 1. The van der Waals surface area contributed by atoms with Gasteiger partial charge in [-0.3, -0.25) is 4.79 Å². The predicted molar refractivity (Wildman–Crippen MR) is 67.5 cm³/mol. The molecule has 5 heteroatoms. The Labute approximate surface area is 107 Å². The molecule has 1 saturated heterocycles. The fraction of sp³-hybridized carbons (Fsp3) is 0.364. The molecule has 0 atom stereocenters. The summed E-state index contributed by atoms with van der Waals surface area (Å²) in [6, 6.07) is 7.87. The van der Waals surface area contributed by atoms with Gasteiger partial charge in [0.05, 0.1) is 11.9 Å². The van der Waals surface area contributed by atoms with Crippen LogP contribution in [-0.4, -0.2) is 40.9 Å². The highest BCUT2D eigenvalue weighted by Gasteiger charge is 2.28. The van der Waals surface area contributed by atoms with Gasteiger partial charge in [-0.1, -0.05) is 22.0 Å². The molecule has 0 radical (unpaired) electrons.